The van der Waals surface area contributed by atoms with Gasteiger partial charge < -0.3 is 10.4 Å². The molecule has 1 heterocycles. The van der Waals surface area contributed by atoms with Gasteiger partial charge in [0.1, 0.15) is 16.8 Å². The Kier molecular flexibility index (Phi) is 4.40. The number of hydrogen-bond acceptors (Lipinski definition) is 4. The molecule has 1 fully saturated rings. The van der Waals surface area contributed by atoms with Crippen LogP contribution in [0.3, 0.4) is 0 Å². The standard InChI is InChI=1S/C13H20ClN3O/c1-2-3-11-16-10(14)8-12(17-11)15-9-13(4-5-13)6-7-18/h8,18H,2-7,9H2,1H3,(H,15,16,17). The third kappa shape index (κ3) is 3.56. The van der Waals surface area contributed by atoms with Gasteiger partial charge in [0, 0.05) is 25.6 Å². The number of hydrogen-bond donors (Lipinski definition) is 2. The molecule has 0 amide bonds. The molecule has 18 heavy (non-hydrogen) atoms. The van der Waals surface area contributed by atoms with Crippen LogP contribution in [-0.2, 0) is 6.42 Å². The number of aryl methyl sites for hydroxylation is 1. The first-order valence-corrected chi connectivity index (χ1v) is 6.93. The van der Waals surface area contributed by atoms with Crippen LogP contribution in [0.15, 0.2) is 6.07 Å². The summed E-state index contributed by atoms with van der Waals surface area (Å²) in [5, 5.41) is 12.8. The van der Waals surface area contributed by atoms with Crippen LogP contribution in [0.25, 0.3) is 0 Å². The molecular weight excluding hydrogens is 250 g/mol. The molecule has 0 bridgehead atoms. The monoisotopic (exact) mass is 269 g/mol. The SMILES string of the molecule is CCCc1nc(Cl)cc(NCC2(CCO)CC2)n1. The average molecular weight is 270 g/mol. The summed E-state index contributed by atoms with van der Waals surface area (Å²) in [4.78, 5) is 8.64. The molecule has 2 rings (SSSR count). The van der Waals surface area contributed by atoms with Crippen molar-refractivity contribution in [1.82, 2.24) is 9.97 Å². The van der Waals surface area contributed by atoms with Gasteiger partial charge in [-0.05, 0) is 31.1 Å². The van der Waals surface area contributed by atoms with Crippen LogP contribution in [0.1, 0.15) is 38.4 Å². The maximum absolute atomic E-state index is 9.02. The summed E-state index contributed by atoms with van der Waals surface area (Å²) in [7, 11) is 0. The predicted octanol–water partition coefficient (Wildman–Crippen LogP) is 2.66. The Morgan fingerprint density at radius 1 is 1.44 bits per heavy atom. The van der Waals surface area contributed by atoms with Crippen LogP contribution in [0.4, 0.5) is 5.82 Å². The summed E-state index contributed by atoms with van der Waals surface area (Å²) < 4.78 is 0. The summed E-state index contributed by atoms with van der Waals surface area (Å²) in [6.07, 6.45) is 5.08. The Bertz CT molecular complexity index is 407. The molecule has 0 unspecified atom stereocenters. The Balaban J connectivity index is 1.96. The van der Waals surface area contributed by atoms with Gasteiger partial charge in [0.25, 0.3) is 0 Å². The van der Waals surface area contributed by atoms with Gasteiger partial charge in [-0.3, -0.25) is 0 Å². The molecule has 4 nitrogen and oxygen atoms in total. The van der Waals surface area contributed by atoms with Crippen LogP contribution in [-0.4, -0.2) is 28.2 Å². The summed E-state index contributed by atoms with van der Waals surface area (Å²) in [6, 6.07) is 1.76. The summed E-state index contributed by atoms with van der Waals surface area (Å²) >= 11 is 5.98. The van der Waals surface area contributed by atoms with E-state index in [1.807, 2.05) is 0 Å². The molecule has 0 atom stereocenters. The number of aliphatic hydroxyl groups excluding tert-OH is 1. The largest absolute Gasteiger partial charge is 0.396 e. The lowest BCUT2D eigenvalue weighted by atomic mass is 10.0. The number of rotatable bonds is 7. The number of halogens is 1. The number of nitrogens with zero attached hydrogens (tertiary/aromatic N) is 2. The average Bonchev–Trinajstić information content (AvgIpc) is 3.07. The first kappa shape index (κ1) is 13.6. The van der Waals surface area contributed by atoms with Gasteiger partial charge >= 0.3 is 0 Å². The fraction of sp³-hybridized carbons (Fsp3) is 0.692. The van der Waals surface area contributed by atoms with Crippen molar-refractivity contribution >= 4 is 17.4 Å². The van der Waals surface area contributed by atoms with Crippen LogP contribution in [0.2, 0.25) is 5.15 Å². The van der Waals surface area contributed by atoms with Crippen molar-refractivity contribution in [2.75, 3.05) is 18.5 Å². The zero-order chi connectivity index (χ0) is 13.0. The highest BCUT2D eigenvalue weighted by atomic mass is 35.5. The third-order valence-electron chi connectivity index (χ3n) is 3.46. The van der Waals surface area contributed by atoms with Crippen molar-refractivity contribution < 1.29 is 5.11 Å². The number of nitrogens with one attached hydrogen (secondary N) is 1. The lowest BCUT2D eigenvalue weighted by Gasteiger charge is -2.15. The summed E-state index contributed by atoms with van der Waals surface area (Å²) in [5.41, 5.74) is 0.275. The quantitative estimate of drug-likeness (QED) is 0.747. The second-order valence-electron chi connectivity index (χ2n) is 5.07. The number of anilines is 1. The molecule has 1 aromatic rings. The van der Waals surface area contributed by atoms with Gasteiger partial charge in [-0.1, -0.05) is 18.5 Å². The van der Waals surface area contributed by atoms with Crippen LogP contribution >= 0.6 is 11.6 Å². The molecule has 1 aliphatic carbocycles. The highest BCUT2D eigenvalue weighted by Gasteiger charge is 2.41. The van der Waals surface area contributed by atoms with Crippen molar-refractivity contribution in [3.8, 4) is 0 Å². The Morgan fingerprint density at radius 3 is 2.83 bits per heavy atom. The Labute approximate surface area is 113 Å². The molecule has 0 aliphatic heterocycles. The van der Waals surface area contributed by atoms with Crippen LogP contribution in [0.5, 0.6) is 0 Å². The maximum atomic E-state index is 9.02. The van der Waals surface area contributed by atoms with E-state index in [4.69, 9.17) is 16.7 Å². The van der Waals surface area contributed by atoms with Crippen molar-refractivity contribution in [3.63, 3.8) is 0 Å². The van der Waals surface area contributed by atoms with Gasteiger partial charge in [0.15, 0.2) is 0 Å². The molecule has 1 aromatic heterocycles. The predicted molar refractivity (Wildman–Crippen MR) is 72.9 cm³/mol. The number of aliphatic hydroxyl groups is 1. The zero-order valence-corrected chi connectivity index (χ0v) is 11.5. The van der Waals surface area contributed by atoms with Gasteiger partial charge in [0.05, 0.1) is 0 Å². The minimum Gasteiger partial charge on any atom is -0.396 e. The van der Waals surface area contributed by atoms with Crippen molar-refractivity contribution in [3.05, 3.63) is 17.0 Å². The van der Waals surface area contributed by atoms with E-state index in [0.29, 0.717) is 5.15 Å². The van der Waals surface area contributed by atoms with E-state index >= 15 is 0 Å². The lowest BCUT2D eigenvalue weighted by Crippen LogP contribution is -2.17. The smallest absolute Gasteiger partial charge is 0.134 e. The minimum atomic E-state index is 0.257. The van der Waals surface area contributed by atoms with E-state index in [1.165, 1.54) is 12.8 Å². The first-order valence-electron chi connectivity index (χ1n) is 6.56. The molecule has 1 saturated carbocycles. The summed E-state index contributed by atoms with van der Waals surface area (Å²) in [5.74, 6) is 1.59. The van der Waals surface area contributed by atoms with E-state index < -0.39 is 0 Å². The minimum absolute atomic E-state index is 0.257. The molecule has 100 valence electrons. The third-order valence-corrected chi connectivity index (χ3v) is 3.65. The maximum Gasteiger partial charge on any atom is 0.134 e. The molecule has 0 saturated heterocycles. The highest BCUT2D eigenvalue weighted by Crippen LogP contribution is 2.48. The molecule has 0 radical (unpaired) electrons. The second kappa shape index (κ2) is 5.85. The molecule has 2 N–H and O–H groups in total. The van der Waals surface area contributed by atoms with Gasteiger partial charge in [-0.2, -0.15) is 0 Å². The molecule has 0 aromatic carbocycles. The van der Waals surface area contributed by atoms with E-state index in [1.54, 1.807) is 6.07 Å². The fourth-order valence-electron chi connectivity index (χ4n) is 2.10. The molecule has 0 spiro atoms. The van der Waals surface area contributed by atoms with E-state index in [0.717, 1.165) is 37.4 Å². The molecule has 1 aliphatic rings. The van der Waals surface area contributed by atoms with Crippen LogP contribution in [0, 0.1) is 5.41 Å². The van der Waals surface area contributed by atoms with E-state index in [-0.39, 0.29) is 12.0 Å². The fourth-order valence-corrected chi connectivity index (χ4v) is 2.30. The zero-order valence-electron chi connectivity index (χ0n) is 10.7. The van der Waals surface area contributed by atoms with Gasteiger partial charge in [-0.25, -0.2) is 9.97 Å². The van der Waals surface area contributed by atoms with Gasteiger partial charge in [0.2, 0.25) is 0 Å². The van der Waals surface area contributed by atoms with E-state index in [9.17, 15) is 0 Å². The lowest BCUT2D eigenvalue weighted by molar-refractivity contribution is 0.253. The van der Waals surface area contributed by atoms with Crippen molar-refractivity contribution in [1.29, 1.82) is 0 Å². The first-order chi connectivity index (χ1) is 8.67. The molecular formula is C13H20ClN3O. The normalized spacial score (nSPS) is 16.6. The topological polar surface area (TPSA) is 58.0 Å². The summed E-state index contributed by atoms with van der Waals surface area (Å²) in [6.45, 7) is 3.21. The van der Waals surface area contributed by atoms with E-state index in [2.05, 4.69) is 22.2 Å². The van der Waals surface area contributed by atoms with Crippen molar-refractivity contribution in [2.45, 2.75) is 39.0 Å². The molecule has 5 heteroatoms. The Morgan fingerprint density at radius 2 is 2.22 bits per heavy atom. The highest BCUT2D eigenvalue weighted by molar-refractivity contribution is 6.29. The second-order valence-corrected chi connectivity index (χ2v) is 5.46. The number of aromatic nitrogens is 2. The van der Waals surface area contributed by atoms with Gasteiger partial charge in [-0.15, -0.1) is 0 Å². The van der Waals surface area contributed by atoms with Crippen LogP contribution < -0.4 is 5.32 Å². The Hall–Kier alpha value is -0.870. The van der Waals surface area contributed by atoms with Crippen molar-refractivity contribution in [2.24, 2.45) is 5.41 Å².